The summed E-state index contributed by atoms with van der Waals surface area (Å²) in [5.74, 6) is -0.107. The number of carbonyl (C=O) groups excluding carboxylic acids is 1. The van der Waals surface area contributed by atoms with Crippen LogP contribution in [0.3, 0.4) is 0 Å². The first-order valence-corrected chi connectivity index (χ1v) is 6.62. The Morgan fingerprint density at radius 2 is 2.00 bits per heavy atom. The Kier molecular flexibility index (Phi) is 4.23. The van der Waals surface area contributed by atoms with E-state index in [1.165, 1.54) is 18.7 Å². The van der Waals surface area contributed by atoms with Gasteiger partial charge in [0.2, 0.25) is 5.91 Å². The minimum absolute atomic E-state index is 0.107. The molecule has 0 radical (unpaired) electrons. The number of anilines is 2. The molecule has 2 rings (SSSR count). The van der Waals surface area contributed by atoms with Gasteiger partial charge in [0.25, 0.3) is 0 Å². The zero-order chi connectivity index (χ0) is 14.5. The Hall–Kier alpha value is -2.52. The van der Waals surface area contributed by atoms with Crippen molar-refractivity contribution < 1.29 is 4.79 Å². The smallest absolute Gasteiger partial charge is 0.221 e. The molecule has 1 aromatic carbocycles. The zero-order valence-electron chi connectivity index (χ0n) is 10.8. The van der Waals surface area contributed by atoms with Gasteiger partial charge < -0.3 is 11.1 Å². The summed E-state index contributed by atoms with van der Waals surface area (Å²) in [4.78, 5) is 16.0. The van der Waals surface area contributed by atoms with Gasteiger partial charge in [-0.05, 0) is 36.4 Å². The number of hydrogen-bond acceptors (Lipinski definition) is 5. The number of aromatic nitrogens is 1. The average molecular weight is 284 g/mol. The normalized spacial score (nSPS) is 9.80. The Morgan fingerprint density at radius 3 is 2.60 bits per heavy atom. The van der Waals surface area contributed by atoms with Gasteiger partial charge in [0.1, 0.15) is 11.1 Å². The molecule has 0 fully saturated rings. The van der Waals surface area contributed by atoms with Crippen molar-refractivity contribution in [3.05, 3.63) is 42.1 Å². The first-order valence-electron chi connectivity index (χ1n) is 5.80. The van der Waals surface area contributed by atoms with Crippen molar-refractivity contribution in [1.82, 2.24) is 4.98 Å². The third kappa shape index (κ3) is 3.49. The second-order valence-corrected chi connectivity index (χ2v) is 5.10. The Balaban J connectivity index is 2.14. The SMILES string of the molecule is CC(=O)Nc1ccc(Sc2ccc(N)c(C#N)n2)cc1. The number of nitrogens with zero attached hydrogens (tertiary/aromatic N) is 2. The quantitative estimate of drug-likeness (QED) is 0.904. The van der Waals surface area contributed by atoms with Gasteiger partial charge in [-0.2, -0.15) is 5.26 Å². The maximum Gasteiger partial charge on any atom is 0.221 e. The molecule has 0 aliphatic heterocycles. The van der Waals surface area contributed by atoms with E-state index >= 15 is 0 Å². The molecule has 0 saturated heterocycles. The molecule has 3 N–H and O–H groups in total. The van der Waals surface area contributed by atoms with Crippen molar-refractivity contribution in [3.8, 4) is 6.07 Å². The lowest BCUT2D eigenvalue weighted by Crippen LogP contribution is -2.05. The van der Waals surface area contributed by atoms with Gasteiger partial charge in [0, 0.05) is 17.5 Å². The summed E-state index contributed by atoms with van der Waals surface area (Å²) in [6.07, 6.45) is 0. The minimum atomic E-state index is -0.107. The van der Waals surface area contributed by atoms with Crippen LogP contribution < -0.4 is 11.1 Å². The highest BCUT2D eigenvalue weighted by Gasteiger charge is 2.04. The van der Waals surface area contributed by atoms with E-state index in [9.17, 15) is 4.79 Å². The fourth-order valence-electron chi connectivity index (χ4n) is 1.53. The first kappa shape index (κ1) is 13.9. The van der Waals surface area contributed by atoms with Crippen molar-refractivity contribution in [2.24, 2.45) is 0 Å². The van der Waals surface area contributed by atoms with E-state index in [1.807, 2.05) is 30.3 Å². The molecule has 0 spiro atoms. The van der Waals surface area contributed by atoms with Crippen LogP contribution in [0.5, 0.6) is 0 Å². The predicted molar refractivity (Wildman–Crippen MR) is 78.2 cm³/mol. The van der Waals surface area contributed by atoms with Gasteiger partial charge >= 0.3 is 0 Å². The molecular weight excluding hydrogens is 272 g/mol. The van der Waals surface area contributed by atoms with E-state index in [0.717, 1.165) is 10.6 Å². The molecule has 20 heavy (non-hydrogen) atoms. The zero-order valence-corrected chi connectivity index (χ0v) is 11.6. The summed E-state index contributed by atoms with van der Waals surface area (Å²) < 4.78 is 0. The summed E-state index contributed by atoms with van der Waals surface area (Å²) in [6.45, 7) is 1.46. The fourth-order valence-corrected chi connectivity index (χ4v) is 2.32. The van der Waals surface area contributed by atoms with E-state index in [0.29, 0.717) is 10.7 Å². The third-order valence-electron chi connectivity index (χ3n) is 2.40. The fraction of sp³-hybridized carbons (Fsp3) is 0.0714. The van der Waals surface area contributed by atoms with Crippen LogP contribution in [0.4, 0.5) is 11.4 Å². The molecule has 0 aliphatic carbocycles. The van der Waals surface area contributed by atoms with Crippen LogP contribution in [0.1, 0.15) is 12.6 Å². The summed E-state index contributed by atoms with van der Waals surface area (Å²) in [5, 5.41) is 12.3. The van der Waals surface area contributed by atoms with Crippen molar-refractivity contribution in [3.63, 3.8) is 0 Å². The number of benzene rings is 1. The minimum Gasteiger partial charge on any atom is -0.396 e. The lowest BCUT2D eigenvalue weighted by atomic mass is 10.3. The highest BCUT2D eigenvalue weighted by atomic mass is 32.2. The van der Waals surface area contributed by atoms with E-state index in [1.54, 1.807) is 12.1 Å². The van der Waals surface area contributed by atoms with Crippen LogP contribution >= 0.6 is 11.8 Å². The van der Waals surface area contributed by atoms with Crippen LogP contribution in [0.2, 0.25) is 0 Å². The molecule has 0 aliphatic rings. The van der Waals surface area contributed by atoms with Crippen molar-refractivity contribution in [1.29, 1.82) is 5.26 Å². The molecule has 1 aromatic heterocycles. The van der Waals surface area contributed by atoms with Crippen LogP contribution in [-0.4, -0.2) is 10.9 Å². The number of nitriles is 1. The van der Waals surface area contributed by atoms with Crippen LogP contribution in [-0.2, 0) is 4.79 Å². The second kappa shape index (κ2) is 6.08. The highest BCUT2D eigenvalue weighted by Crippen LogP contribution is 2.28. The molecule has 0 bridgehead atoms. The monoisotopic (exact) mass is 284 g/mol. The molecular formula is C14H12N4OS. The van der Waals surface area contributed by atoms with E-state index in [-0.39, 0.29) is 11.6 Å². The van der Waals surface area contributed by atoms with Crippen LogP contribution in [0.25, 0.3) is 0 Å². The van der Waals surface area contributed by atoms with Crippen molar-refractivity contribution in [2.75, 3.05) is 11.1 Å². The summed E-state index contributed by atoms with van der Waals surface area (Å²) in [7, 11) is 0. The largest absolute Gasteiger partial charge is 0.396 e. The van der Waals surface area contributed by atoms with E-state index < -0.39 is 0 Å². The van der Waals surface area contributed by atoms with Gasteiger partial charge in [-0.1, -0.05) is 11.8 Å². The number of amides is 1. The summed E-state index contributed by atoms with van der Waals surface area (Å²) in [5.41, 5.74) is 6.97. The van der Waals surface area contributed by atoms with Gasteiger partial charge in [-0.3, -0.25) is 4.79 Å². The van der Waals surface area contributed by atoms with Crippen molar-refractivity contribution >= 4 is 29.0 Å². The molecule has 2 aromatic rings. The number of pyridine rings is 1. The van der Waals surface area contributed by atoms with Crippen LogP contribution in [0, 0.1) is 11.3 Å². The molecule has 6 heteroatoms. The summed E-state index contributed by atoms with van der Waals surface area (Å²) >= 11 is 1.42. The number of rotatable bonds is 3. The number of nitrogens with two attached hydrogens (primary N) is 1. The molecule has 0 saturated carbocycles. The maximum absolute atomic E-state index is 10.9. The lowest BCUT2D eigenvalue weighted by Gasteiger charge is -2.05. The molecule has 1 heterocycles. The van der Waals surface area contributed by atoms with E-state index in [2.05, 4.69) is 10.3 Å². The molecule has 5 nitrogen and oxygen atoms in total. The molecule has 0 unspecified atom stereocenters. The summed E-state index contributed by atoms with van der Waals surface area (Å²) in [6, 6.07) is 12.8. The predicted octanol–water partition coefficient (Wildman–Crippen LogP) is 2.65. The number of nitrogens with one attached hydrogen (secondary N) is 1. The number of nitrogen functional groups attached to an aromatic ring is 1. The Bertz CT molecular complexity index is 677. The molecule has 0 atom stereocenters. The topological polar surface area (TPSA) is 91.8 Å². The third-order valence-corrected chi connectivity index (χ3v) is 3.35. The molecule has 100 valence electrons. The standard InChI is InChI=1S/C14H12N4OS/c1-9(19)17-10-2-4-11(5-3-10)20-14-7-6-12(16)13(8-15)18-14/h2-7H,16H2,1H3,(H,17,19). The highest BCUT2D eigenvalue weighted by molar-refractivity contribution is 7.99. The first-order chi connectivity index (χ1) is 9.58. The number of hydrogen-bond donors (Lipinski definition) is 2. The van der Waals surface area contributed by atoms with Gasteiger partial charge in [0.05, 0.1) is 5.69 Å². The second-order valence-electron chi connectivity index (χ2n) is 4.01. The van der Waals surface area contributed by atoms with Crippen molar-refractivity contribution in [2.45, 2.75) is 16.8 Å². The van der Waals surface area contributed by atoms with Gasteiger partial charge in [0.15, 0.2) is 5.69 Å². The molecule has 1 amide bonds. The number of carbonyl (C=O) groups is 1. The van der Waals surface area contributed by atoms with Crippen LogP contribution in [0.15, 0.2) is 46.3 Å². The van der Waals surface area contributed by atoms with Gasteiger partial charge in [-0.25, -0.2) is 4.98 Å². The Labute approximate surface area is 120 Å². The van der Waals surface area contributed by atoms with E-state index in [4.69, 9.17) is 11.0 Å². The maximum atomic E-state index is 10.9. The van der Waals surface area contributed by atoms with Gasteiger partial charge in [-0.15, -0.1) is 0 Å². The lowest BCUT2D eigenvalue weighted by molar-refractivity contribution is -0.114. The average Bonchev–Trinajstić information content (AvgIpc) is 2.42. The Morgan fingerprint density at radius 1 is 1.30 bits per heavy atom.